The van der Waals surface area contributed by atoms with Crippen LogP contribution in [0.1, 0.15) is 12.0 Å². The monoisotopic (exact) mass is 381 g/mol. The second kappa shape index (κ2) is 8.15. The van der Waals surface area contributed by atoms with E-state index >= 15 is 0 Å². The second-order valence-corrected chi connectivity index (χ2v) is 7.49. The third kappa shape index (κ3) is 4.02. The van der Waals surface area contributed by atoms with Crippen LogP contribution < -0.4 is 10.2 Å². The number of rotatable bonds is 5. The summed E-state index contributed by atoms with van der Waals surface area (Å²) in [6.07, 6.45) is 6.31. The number of hydrogen-bond donors (Lipinski definition) is 1. The summed E-state index contributed by atoms with van der Waals surface area (Å²) in [6.45, 7) is 2.38. The summed E-state index contributed by atoms with van der Waals surface area (Å²) >= 11 is 6.00. The Morgan fingerprint density at radius 3 is 2.56 bits per heavy atom. The standard InChI is InChI=1S/C22H24ClN3O/c23-18-9-11-19(12-10-18)25-14-15-26(22(25)27)21(20-8-4-5-13-24-20)16-17-6-2-1-3-7-17/h1-4,6-12,20-21,24H,5,13-16H2. The minimum Gasteiger partial charge on any atom is -0.317 e. The molecule has 2 aliphatic rings. The Morgan fingerprint density at radius 1 is 1.07 bits per heavy atom. The molecule has 0 aliphatic carbocycles. The number of nitrogens with one attached hydrogen (secondary N) is 1. The Balaban J connectivity index is 1.57. The number of hydrogen-bond acceptors (Lipinski definition) is 2. The van der Waals surface area contributed by atoms with Crippen LogP contribution in [0, 0.1) is 0 Å². The van der Waals surface area contributed by atoms with E-state index < -0.39 is 0 Å². The van der Waals surface area contributed by atoms with Crippen LogP contribution in [0.3, 0.4) is 0 Å². The van der Waals surface area contributed by atoms with Crippen LogP contribution in [0.4, 0.5) is 10.5 Å². The third-order valence-electron chi connectivity index (χ3n) is 5.32. The lowest BCUT2D eigenvalue weighted by atomic mass is 9.96. The van der Waals surface area contributed by atoms with Crippen LogP contribution in [0.25, 0.3) is 0 Å². The van der Waals surface area contributed by atoms with Crippen molar-refractivity contribution in [3.8, 4) is 0 Å². The van der Waals surface area contributed by atoms with Gasteiger partial charge in [0.25, 0.3) is 0 Å². The lowest BCUT2D eigenvalue weighted by Gasteiger charge is -2.35. The Hall–Kier alpha value is -2.30. The summed E-state index contributed by atoms with van der Waals surface area (Å²) in [6, 6.07) is 18.2. The molecule has 1 saturated heterocycles. The molecule has 27 heavy (non-hydrogen) atoms. The summed E-state index contributed by atoms with van der Waals surface area (Å²) in [5.74, 6) is 0. The predicted octanol–water partition coefficient (Wildman–Crippen LogP) is 4.11. The maximum absolute atomic E-state index is 13.2. The number of carbonyl (C=O) groups is 1. The number of benzene rings is 2. The van der Waals surface area contributed by atoms with Gasteiger partial charge in [0.15, 0.2) is 0 Å². The summed E-state index contributed by atoms with van der Waals surface area (Å²) in [5.41, 5.74) is 2.15. The van der Waals surface area contributed by atoms with E-state index in [1.165, 1.54) is 5.56 Å². The average molecular weight is 382 g/mol. The van der Waals surface area contributed by atoms with Gasteiger partial charge in [0, 0.05) is 29.8 Å². The number of nitrogens with zero attached hydrogens (tertiary/aromatic N) is 2. The molecule has 0 spiro atoms. The predicted molar refractivity (Wildman–Crippen MR) is 110 cm³/mol. The van der Waals surface area contributed by atoms with Crippen molar-refractivity contribution in [3.63, 3.8) is 0 Å². The van der Waals surface area contributed by atoms with Gasteiger partial charge in [0.05, 0.1) is 6.04 Å². The number of urea groups is 1. The molecule has 0 radical (unpaired) electrons. The van der Waals surface area contributed by atoms with Crippen molar-refractivity contribution in [2.75, 3.05) is 24.5 Å². The molecule has 0 bridgehead atoms. The number of anilines is 1. The Labute approximate surface area is 165 Å². The van der Waals surface area contributed by atoms with Gasteiger partial charge in [-0.15, -0.1) is 0 Å². The molecule has 2 heterocycles. The highest BCUT2D eigenvalue weighted by molar-refractivity contribution is 6.30. The highest BCUT2D eigenvalue weighted by Crippen LogP contribution is 2.26. The van der Waals surface area contributed by atoms with Gasteiger partial charge in [-0.2, -0.15) is 0 Å². The maximum atomic E-state index is 13.2. The van der Waals surface area contributed by atoms with Crippen molar-refractivity contribution < 1.29 is 4.79 Å². The van der Waals surface area contributed by atoms with Crippen molar-refractivity contribution in [1.82, 2.24) is 10.2 Å². The van der Waals surface area contributed by atoms with Gasteiger partial charge in [-0.25, -0.2) is 4.79 Å². The Morgan fingerprint density at radius 2 is 1.85 bits per heavy atom. The number of carbonyl (C=O) groups excluding carboxylic acids is 1. The smallest absolute Gasteiger partial charge is 0.317 e. The molecule has 2 atom stereocenters. The highest BCUT2D eigenvalue weighted by Gasteiger charge is 2.37. The first-order valence-electron chi connectivity index (χ1n) is 9.50. The summed E-state index contributed by atoms with van der Waals surface area (Å²) in [7, 11) is 0. The lowest BCUT2D eigenvalue weighted by molar-refractivity contribution is 0.188. The molecule has 0 aromatic heterocycles. The largest absolute Gasteiger partial charge is 0.324 e. The van der Waals surface area contributed by atoms with Crippen LogP contribution in [-0.4, -0.2) is 42.6 Å². The zero-order chi connectivity index (χ0) is 18.6. The van der Waals surface area contributed by atoms with Crippen molar-refractivity contribution in [1.29, 1.82) is 0 Å². The molecule has 1 fully saturated rings. The van der Waals surface area contributed by atoms with Gasteiger partial charge < -0.3 is 10.2 Å². The van der Waals surface area contributed by atoms with Gasteiger partial charge >= 0.3 is 6.03 Å². The van der Waals surface area contributed by atoms with Crippen molar-refractivity contribution in [2.45, 2.75) is 24.9 Å². The quantitative estimate of drug-likeness (QED) is 0.791. The van der Waals surface area contributed by atoms with Gasteiger partial charge in [-0.1, -0.05) is 54.1 Å². The second-order valence-electron chi connectivity index (χ2n) is 7.06. The zero-order valence-corrected chi connectivity index (χ0v) is 16.0. The van der Waals surface area contributed by atoms with E-state index in [1.807, 2.05) is 40.1 Å². The Bertz CT molecular complexity index is 806. The molecule has 1 N–H and O–H groups in total. The molecule has 2 amide bonds. The van der Waals surface area contributed by atoms with Crippen molar-refractivity contribution in [3.05, 3.63) is 77.3 Å². The van der Waals surface area contributed by atoms with E-state index in [0.29, 0.717) is 11.6 Å². The summed E-state index contributed by atoms with van der Waals surface area (Å²) < 4.78 is 0. The molecule has 0 saturated carbocycles. The van der Waals surface area contributed by atoms with E-state index in [2.05, 4.69) is 41.7 Å². The lowest BCUT2D eigenvalue weighted by Crippen LogP contribution is -2.52. The van der Waals surface area contributed by atoms with Gasteiger partial charge in [-0.05, 0) is 49.2 Å². The zero-order valence-electron chi connectivity index (χ0n) is 15.2. The van der Waals surface area contributed by atoms with Crippen LogP contribution in [0.2, 0.25) is 5.02 Å². The fourth-order valence-corrected chi connectivity index (χ4v) is 4.04. The van der Waals surface area contributed by atoms with Crippen LogP contribution in [0.15, 0.2) is 66.7 Å². The van der Waals surface area contributed by atoms with E-state index in [1.54, 1.807) is 0 Å². The Kier molecular flexibility index (Phi) is 5.46. The summed E-state index contributed by atoms with van der Waals surface area (Å²) in [4.78, 5) is 17.1. The molecule has 2 aromatic carbocycles. The van der Waals surface area contributed by atoms with E-state index in [-0.39, 0.29) is 18.1 Å². The molecule has 4 rings (SSSR count). The first-order chi connectivity index (χ1) is 13.2. The third-order valence-corrected chi connectivity index (χ3v) is 5.57. The van der Waals surface area contributed by atoms with E-state index in [4.69, 9.17) is 11.6 Å². The fourth-order valence-electron chi connectivity index (χ4n) is 3.92. The molecular weight excluding hydrogens is 358 g/mol. The first-order valence-corrected chi connectivity index (χ1v) is 9.88. The molecule has 4 nitrogen and oxygen atoms in total. The SMILES string of the molecule is O=C1N(c2ccc(Cl)cc2)CCN1C(Cc1ccccc1)C1C=CCCN1. The maximum Gasteiger partial charge on any atom is 0.324 e. The van der Waals surface area contributed by atoms with Crippen LogP contribution >= 0.6 is 11.6 Å². The molecule has 2 unspecified atom stereocenters. The fraction of sp³-hybridized carbons (Fsp3) is 0.318. The van der Waals surface area contributed by atoms with Gasteiger partial charge in [-0.3, -0.25) is 4.90 Å². The number of amides is 2. The van der Waals surface area contributed by atoms with E-state index in [9.17, 15) is 4.79 Å². The minimum absolute atomic E-state index is 0.0685. The topological polar surface area (TPSA) is 35.6 Å². The highest BCUT2D eigenvalue weighted by atomic mass is 35.5. The van der Waals surface area contributed by atoms with Crippen LogP contribution in [-0.2, 0) is 6.42 Å². The van der Waals surface area contributed by atoms with E-state index in [0.717, 1.165) is 31.6 Å². The van der Waals surface area contributed by atoms with Crippen molar-refractivity contribution in [2.24, 2.45) is 0 Å². The molecule has 140 valence electrons. The van der Waals surface area contributed by atoms with Crippen molar-refractivity contribution >= 4 is 23.3 Å². The summed E-state index contributed by atoms with van der Waals surface area (Å²) in [5, 5.41) is 4.26. The molecule has 2 aliphatic heterocycles. The number of halogens is 1. The van der Waals surface area contributed by atoms with Gasteiger partial charge in [0.2, 0.25) is 0 Å². The molecule has 5 heteroatoms. The first kappa shape index (κ1) is 18.1. The van der Waals surface area contributed by atoms with Gasteiger partial charge in [0.1, 0.15) is 0 Å². The normalized spacial score (nSPS) is 20.9. The minimum atomic E-state index is 0.0685. The molecular formula is C22H24ClN3O. The molecule has 2 aromatic rings. The van der Waals surface area contributed by atoms with Crippen LogP contribution in [0.5, 0.6) is 0 Å². The average Bonchev–Trinajstić information content (AvgIpc) is 3.09.